The Morgan fingerprint density at radius 3 is 2.66 bits per heavy atom. The predicted octanol–water partition coefficient (Wildman–Crippen LogP) is 6.49. The first-order chi connectivity index (χ1) is 15.4. The molecule has 0 fully saturated rings. The van der Waals surface area contributed by atoms with Gasteiger partial charge in [-0.2, -0.15) is 0 Å². The Morgan fingerprint density at radius 2 is 1.91 bits per heavy atom. The van der Waals surface area contributed by atoms with Gasteiger partial charge in [0.2, 0.25) is 5.95 Å². The summed E-state index contributed by atoms with van der Waals surface area (Å²) in [5.41, 5.74) is 2.57. The standard InChI is InChI=1S/C22H17Cl3N4O2S/c1-13-7-15(5-6-17(13)23)31-10-14-8-20(32-11-14)21(30)27-22-26-12-29(28-22)9-16-18(24)3-2-4-19(16)25/h2-8,11-12H,9-10H2,1H3,(H,27,28,30). The highest BCUT2D eigenvalue weighted by atomic mass is 35.5. The van der Waals surface area contributed by atoms with Crippen molar-refractivity contribution in [2.75, 3.05) is 5.32 Å². The lowest BCUT2D eigenvalue weighted by molar-refractivity contribution is 0.102. The Hall–Kier alpha value is -2.58. The Balaban J connectivity index is 1.35. The summed E-state index contributed by atoms with van der Waals surface area (Å²) in [6, 6.07) is 12.6. The quantitative estimate of drug-likeness (QED) is 0.310. The van der Waals surface area contributed by atoms with Gasteiger partial charge < -0.3 is 4.74 Å². The van der Waals surface area contributed by atoms with E-state index in [2.05, 4.69) is 15.4 Å². The molecular formula is C22H17Cl3N4O2S. The van der Waals surface area contributed by atoms with Crippen LogP contribution in [0.25, 0.3) is 0 Å². The average Bonchev–Trinajstić information content (AvgIpc) is 3.41. The molecule has 0 spiro atoms. The third kappa shape index (κ3) is 5.42. The minimum absolute atomic E-state index is 0.195. The van der Waals surface area contributed by atoms with Crippen molar-refractivity contribution in [2.45, 2.75) is 20.1 Å². The zero-order valence-electron chi connectivity index (χ0n) is 16.8. The van der Waals surface area contributed by atoms with E-state index in [1.807, 2.05) is 24.4 Å². The van der Waals surface area contributed by atoms with Crippen LogP contribution in [-0.2, 0) is 13.2 Å². The monoisotopic (exact) mass is 506 g/mol. The number of hydrogen-bond donors (Lipinski definition) is 1. The number of carbonyl (C=O) groups excluding carboxylic acids is 1. The number of carbonyl (C=O) groups is 1. The summed E-state index contributed by atoms with van der Waals surface area (Å²) in [6.07, 6.45) is 1.51. The lowest BCUT2D eigenvalue weighted by Gasteiger charge is -2.06. The summed E-state index contributed by atoms with van der Waals surface area (Å²) in [6.45, 7) is 2.60. The van der Waals surface area contributed by atoms with Crippen molar-refractivity contribution >= 4 is 58.0 Å². The number of hydrogen-bond acceptors (Lipinski definition) is 5. The number of aryl methyl sites for hydroxylation is 1. The van der Waals surface area contributed by atoms with Gasteiger partial charge in [0.15, 0.2) is 0 Å². The Bertz CT molecular complexity index is 1250. The molecule has 32 heavy (non-hydrogen) atoms. The molecule has 2 aromatic carbocycles. The molecule has 164 valence electrons. The van der Waals surface area contributed by atoms with Gasteiger partial charge in [0.05, 0.1) is 11.4 Å². The number of anilines is 1. The normalized spacial score (nSPS) is 10.9. The molecule has 10 heteroatoms. The summed E-state index contributed by atoms with van der Waals surface area (Å²) in [4.78, 5) is 17.2. The molecule has 0 atom stereocenters. The van der Waals surface area contributed by atoms with E-state index in [9.17, 15) is 4.79 Å². The van der Waals surface area contributed by atoms with Crippen LogP contribution < -0.4 is 10.1 Å². The van der Waals surface area contributed by atoms with Crippen LogP contribution in [0.2, 0.25) is 15.1 Å². The molecule has 0 aliphatic carbocycles. The SMILES string of the molecule is Cc1cc(OCc2csc(C(=O)Nc3ncn(Cc4c(Cl)cccc4Cl)n3)c2)ccc1Cl. The number of ether oxygens (including phenoxy) is 1. The zero-order valence-corrected chi connectivity index (χ0v) is 19.9. The van der Waals surface area contributed by atoms with Crippen molar-refractivity contribution in [1.29, 1.82) is 0 Å². The first-order valence-corrected chi connectivity index (χ1v) is 11.5. The Kier molecular flexibility index (Phi) is 7.01. The van der Waals surface area contributed by atoms with Gasteiger partial charge in [0.25, 0.3) is 5.91 Å². The molecule has 0 bridgehead atoms. The molecule has 1 N–H and O–H groups in total. The molecule has 0 saturated carbocycles. The number of amides is 1. The largest absolute Gasteiger partial charge is 0.489 e. The smallest absolute Gasteiger partial charge is 0.268 e. The van der Waals surface area contributed by atoms with Crippen LogP contribution >= 0.6 is 46.1 Å². The molecule has 4 aromatic rings. The summed E-state index contributed by atoms with van der Waals surface area (Å²) in [5.74, 6) is 0.621. The van der Waals surface area contributed by atoms with Gasteiger partial charge in [0, 0.05) is 26.2 Å². The second-order valence-corrected chi connectivity index (χ2v) is 9.07. The maximum absolute atomic E-state index is 12.6. The van der Waals surface area contributed by atoms with Crippen LogP contribution in [0.5, 0.6) is 5.75 Å². The highest BCUT2D eigenvalue weighted by Crippen LogP contribution is 2.25. The van der Waals surface area contributed by atoms with E-state index in [0.717, 1.165) is 22.4 Å². The third-order valence-corrected chi connectivity index (χ3v) is 6.67. The Morgan fingerprint density at radius 1 is 1.12 bits per heavy atom. The number of halogens is 3. The maximum Gasteiger partial charge on any atom is 0.268 e. The summed E-state index contributed by atoms with van der Waals surface area (Å²) >= 11 is 19.8. The highest BCUT2D eigenvalue weighted by molar-refractivity contribution is 7.12. The fourth-order valence-electron chi connectivity index (χ4n) is 2.88. The van der Waals surface area contributed by atoms with Crippen molar-refractivity contribution in [2.24, 2.45) is 0 Å². The number of benzene rings is 2. The molecule has 0 saturated heterocycles. The number of thiophene rings is 1. The number of rotatable bonds is 7. The predicted molar refractivity (Wildman–Crippen MR) is 128 cm³/mol. The summed E-state index contributed by atoms with van der Waals surface area (Å²) in [7, 11) is 0. The van der Waals surface area contributed by atoms with Crippen LogP contribution in [0.15, 0.2) is 54.2 Å². The van der Waals surface area contributed by atoms with Crippen LogP contribution in [0.4, 0.5) is 5.95 Å². The van der Waals surface area contributed by atoms with Crippen LogP contribution in [0.1, 0.15) is 26.4 Å². The highest BCUT2D eigenvalue weighted by Gasteiger charge is 2.13. The molecule has 0 aliphatic heterocycles. The lowest BCUT2D eigenvalue weighted by Crippen LogP contribution is -2.12. The zero-order chi connectivity index (χ0) is 22.7. The van der Waals surface area contributed by atoms with Crippen LogP contribution in [-0.4, -0.2) is 20.7 Å². The van der Waals surface area contributed by atoms with Gasteiger partial charge in [-0.3, -0.25) is 10.1 Å². The molecule has 4 rings (SSSR count). The molecule has 0 aliphatic rings. The van der Waals surface area contributed by atoms with E-state index in [-0.39, 0.29) is 11.9 Å². The second-order valence-electron chi connectivity index (χ2n) is 6.94. The maximum atomic E-state index is 12.6. The first kappa shape index (κ1) is 22.6. The van der Waals surface area contributed by atoms with Crippen LogP contribution in [0, 0.1) is 6.92 Å². The number of aromatic nitrogens is 3. The van der Waals surface area contributed by atoms with Crippen molar-refractivity contribution in [1.82, 2.24) is 14.8 Å². The topological polar surface area (TPSA) is 69.0 Å². The minimum atomic E-state index is -0.294. The van der Waals surface area contributed by atoms with Gasteiger partial charge in [-0.15, -0.1) is 16.4 Å². The first-order valence-electron chi connectivity index (χ1n) is 9.49. The third-order valence-electron chi connectivity index (χ3n) is 4.56. The second kappa shape index (κ2) is 9.92. The fraction of sp³-hybridized carbons (Fsp3) is 0.136. The summed E-state index contributed by atoms with van der Waals surface area (Å²) in [5, 5.41) is 10.6. The minimum Gasteiger partial charge on any atom is -0.489 e. The lowest BCUT2D eigenvalue weighted by atomic mass is 10.2. The van der Waals surface area contributed by atoms with Gasteiger partial charge in [-0.25, -0.2) is 9.67 Å². The van der Waals surface area contributed by atoms with Crippen molar-refractivity contribution in [3.63, 3.8) is 0 Å². The number of nitrogens with one attached hydrogen (secondary N) is 1. The van der Waals surface area contributed by atoms with E-state index in [4.69, 9.17) is 39.5 Å². The van der Waals surface area contributed by atoms with Crippen molar-refractivity contribution in [3.8, 4) is 5.75 Å². The number of nitrogens with zero attached hydrogens (tertiary/aromatic N) is 3. The van der Waals surface area contributed by atoms with Crippen molar-refractivity contribution in [3.05, 3.63) is 90.8 Å². The molecular weight excluding hydrogens is 491 g/mol. The van der Waals surface area contributed by atoms with E-state index < -0.39 is 0 Å². The van der Waals surface area contributed by atoms with E-state index in [1.54, 1.807) is 35.0 Å². The summed E-state index contributed by atoms with van der Waals surface area (Å²) < 4.78 is 7.35. The molecule has 2 aromatic heterocycles. The Labute approximate surface area is 203 Å². The molecule has 6 nitrogen and oxygen atoms in total. The molecule has 0 radical (unpaired) electrons. The fourth-order valence-corrected chi connectivity index (χ4v) is 4.31. The van der Waals surface area contributed by atoms with E-state index in [0.29, 0.717) is 33.1 Å². The van der Waals surface area contributed by atoms with Crippen molar-refractivity contribution < 1.29 is 9.53 Å². The van der Waals surface area contributed by atoms with Gasteiger partial charge in [-0.1, -0.05) is 40.9 Å². The van der Waals surface area contributed by atoms with Crippen LogP contribution in [0.3, 0.4) is 0 Å². The van der Waals surface area contributed by atoms with Gasteiger partial charge in [0.1, 0.15) is 18.7 Å². The molecule has 2 heterocycles. The van der Waals surface area contributed by atoms with E-state index in [1.165, 1.54) is 17.7 Å². The molecule has 1 amide bonds. The van der Waals surface area contributed by atoms with Gasteiger partial charge >= 0.3 is 0 Å². The average molecular weight is 508 g/mol. The molecule has 0 unspecified atom stereocenters. The van der Waals surface area contributed by atoms with Gasteiger partial charge in [-0.05, 0) is 54.3 Å². The van der Waals surface area contributed by atoms with E-state index >= 15 is 0 Å².